The topological polar surface area (TPSA) is 101 Å². The molecule has 0 aromatic heterocycles. The fourth-order valence-electron chi connectivity index (χ4n) is 1.37. The molecule has 6 nitrogen and oxygen atoms in total. The Hall–Kier alpha value is -1.51. The number of sulfonamides is 1. The van der Waals surface area contributed by atoms with Crippen LogP contribution in [0.5, 0.6) is 0 Å². The highest BCUT2D eigenvalue weighted by Gasteiger charge is 2.21. The highest BCUT2D eigenvalue weighted by Crippen LogP contribution is 2.11. The van der Waals surface area contributed by atoms with Crippen LogP contribution in [0.15, 0.2) is 29.2 Å². The second-order valence-corrected chi connectivity index (χ2v) is 6.00. The molecule has 0 fully saturated rings. The van der Waals surface area contributed by atoms with Crippen molar-refractivity contribution < 1.29 is 13.2 Å². The summed E-state index contributed by atoms with van der Waals surface area (Å²) in [6.07, 6.45) is 0. The zero-order valence-electron chi connectivity index (χ0n) is 10.5. The Morgan fingerprint density at radius 1 is 1.32 bits per heavy atom. The van der Waals surface area contributed by atoms with Crippen molar-refractivity contribution in [3.8, 4) is 0 Å². The molecule has 1 amide bonds. The molecular formula is C11H15N3O3S2. The first-order valence-electron chi connectivity index (χ1n) is 5.41. The van der Waals surface area contributed by atoms with Gasteiger partial charge in [-0.2, -0.15) is 4.72 Å². The van der Waals surface area contributed by atoms with Crippen LogP contribution in [-0.4, -0.2) is 32.4 Å². The predicted octanol–water partition coefficient (Wildman–Crippen LogP) is -0.266. The van der Waals surface area contributed by atoms with E-state index in [-0.39, 0.29) is 9.88 Å². The summed E-state index contributed by atoms with van der Waals surface area (Å²) in [6.45, 7) is 1.46. The molecule has 0 aliphatic rings. The van der Waals surface area contributed by atoms with Crippen LogP contribution in [0.1, 0.15) is 12.5 Å². The lowest BCUT2D eigenvalue weighted by molar-refractivity contribution is -0.121. The van der Waals surface area contributed by atoms with Crippen LogP contribution in [0.2, 0.25) is 0 Å². The molecule has 0 spiro atoms. The number of carbonyl (C=O) groups is 1. The van der Waals surface area contributed by atoms with Crippen molar-refractivity contribution in [2.45, 2.75) is 17.9 Å². The van der Waals surface area contributed by atoms with Crippen LogP contribution in [0.3, 0.4) is 0 Å². The third-order valence-corrected chi connectivity index (χ3v) is 4.21. The van der Waals surface area contributed by atoms with E-state index in [0.717, 1.165) is 0 Å². The summed E-state index contributed by atoms with van der Waals surface area (Å²) >= 11 is 4.78. The van der Waals surface area contributed by atoms with Gasteiger partial charge in [0.05, 0.1) is 10.9 Å². The van der Waals surface area contributed by atoms with Crippen molar-refractivity contribution in [2.75, 3.05) is 7.05 Å². The molecule has 0 radical (unpaired) electrons. The van der Waals surface area contributed by atoms with E-state index in [4.69, 9.17) is 18.0 Å². The maximum absolute atomic E-state index is 12.0. The number of carbonyl (C=O) groups excluding carboxylic acids is 1. The Kier molecular flexibility index (Phi) is 4.98. The number of likely N-dealkylation sites (N-methyl/N-ethyl adjacent to an activating group) is 1. The molecule has 1 aromatic carbocycles. The molecule has 0 saturated carbocycles. The first-order chi connectivity index (χ1) is 8.77. The predicted molar refractivity (Wildman–Crippen MR) is 76.2 cm³/mol. The fraction of sp³-hybridized carbons (Fsp3) is 0.273. The SMILES string of the molecule is CNC(=O)C(C)NS(=O)(=O)c1ccc(C(N)=S)cc1. The maximum atomic E-state index is 12.0. The number of amides is 1. The average Bonchev–Trinajstić information content (AvgIpc) is 2.37. The van der Waals surface area contributed by atoms with Crippen molar-refractivity contribution in [2.24, 2.45) is 5.73 Å². The van der Waals surface area contributed by atoms with E-state index in [2.05, 4.69) is 10.0 Å². The molecule has 0 saturated heterocycles. The van der Waals surface area contributed by atoms with E-state index < -0.39 is 22.0 Å². The third-order valence-electron chi connectivity index (χ3n) is 2.42. The van der Waals surface area contributed by atoms with Crippen LogP contribution >= 0.6 is 12.2 Å². The van der Waals surface area contributed by atoms with Crippen LogP contribution in [-0.2, 0) is 14.8 Å². The van der Waals surface area contributed by atoms with Gasteiger partial charge >= 0.3 is 0 Å². The molecule has 1 rings (SSSR count). The van der Waals surface area contributed by atoms with E-state index in [1.54, 1.807) is 0 Å². The van der Waals surface area contributed by atoms with Gasteiger partial charge in [-0.3, -0.25) is 4.79 Å². The van der Waals surface area contributed by atoms with Gasteiger partial charge in [0.25, 0.3) is 0 Å². The fourth-order valence-corrected chi connectivity index (χ4v) is 2.71. The van der Waals surface area contributed by atoms with Crippen molar-refractivity contribution in [3.63, 3.8) is 0 Å². The highest BCUT2D eigenvalue weighted by molar-refractivity contribution is 7.89. The van der Waals surface area contributed by atoms with Crippen molar-refractivity contribution in [1.82, 2.24) is 10.0 Å². The molecular weight excluding hydrogens is 286 g/mol. The Labute approximate surface area is 117 Å². The molecule has 0 aliphatic carbocycles. The first-order valence-corrected chi connectivity index (χ1v) is 7.31. The molecule has 19 heavy (non-hydrogen) atoms. The summed E-state index contributed by atoms with van der Waals surface area (Å²) in [5.41, 5.74) is 6.00. The molecule has 104 valence electrons. The lowest BCUT2D eigenvalue weighted by Crippen LogP contribution is -2.43. The lowest BCUT2D eigenvalue weighted by Gasteiger charge is -2.13. The van der Waals surface area contributed by atoms with Crippen molar-refractivity contribution >= 4 is 33.1 Å². The largest absolute Gasteiger partial charge is 0.389 e. The van der Waals surface area contributed by atoms with E-state index >= 15 is 0 Å². The van der Waals surface area contributed by atoms with Gasteiger partial charge in [0, 0.05) is 12.6 Å². The molecule has 0 bridgehead atoms. The second-order valence-electron chi connectivity index (χ2n) is 3.85. The normalized spacial score (nSPS) is 12.7. The Morgan fingerprint density at radius 3 is 2.26 bits per heavy atom. The molecule has 0 heterocycles. The third kappa shape index (κ3) is 3.98. The van der Waals surface area contributed by atoms with Gasteiger partial charge in [0.15, 0.2) is 0 Å². The van der Waals surface area contributed by atoms with Gasteiger partial charge in [-0.15, -0.1) is 0 Å². The van der Waals surface area contributed by atoms with Gasteiger partial charge in [0.2, 0.25) is 15.9 Å². The summed E-state index contributed by atoms with van der Waals surface area (Å²) in [5, 5.41) is 2.36. The summed E-state index contributed by atoms with van der Waals surface area (Å²) in [4.78, 5) is 11.5. The minimum Gasteiger partial charge on any atom is -0.389 e. The minimum atomic E-state index is -3.75. The van der Waals surface area contributed by atoms with Gasteiger partial charge in [-0.1, -0.05) is 24.4 Å². The monoisotopic (exact) mass is 301 g/mol. The quantitative estimate of drug-likeness (QED) is 0.650. The molecule has 0 aliphatic heterocycles. The van der Waals surface area contributed by atoms with E-state index in [9.17, 15) is 13.2 Å². The van der Waals surface area contributed by atoms with Gasteiger partial charge in [-0.05, 0) is 19.1 Å². The Morgan fingerprint density at radius 2 is 1.84 bits per heavy atom. The molecule has 1 aromatic rings. The van der Waals surface area contributed by atoms with Gasteiger partial charge < -0.3 is 11.1 Å². The Balaban J connectivity index is 2.94. The lowest BCUT2D eigenvalue weighted by atomic mass is 10.2. The summed E-state index contributed by atoms with van der Waals surface area (Å²) < 4.78 is 26.2. The highest BCUT2D eigenvalue weighted by atomic mass is 32.2. The zero-order valence-corrected chi connectivity index (χ0v) is 12.1. The summed E-state index contributed by atoms with van der Waals surface area (Å²) in [7, 11) is -2.32. The average molecular weight is 301 g/mol. The van der Waals surface area contributed by atoms with Crippen LogP contribution in [0.4, 0.5) is 0 Å². The molecule has 8 heteroatoms. The molecule has 4 N–H and O–H groups in total. The zero-order chi connectivity index (χ0) is 14.6. The number of thiocarbonyl (C=S) groups is 1. The minimum absolute atomic E-state index is 0.0447. The first kappa shape index (κ1) is 15.5. The summed E-state index contributed by atoms with van der Waals surface area (Å²) in [6, 6.07) is 4.94. The van der Waals surface area contributed by atoms with Gasteiger partial charge in [-0.25, -0.2) is 8.42 Å². The number of rotatable bonds is 5. The van der Waals surface area contributed by atoms with E-state index in [0.29, 0.717) is 5.56 Å². The van der Waals surface area contributed by atoms with Gasteiger partial charge in [0.1, 0.15) is 4.99 Å². The summed E-state index contributed by atoms with van der Waals surface area (Å²) in [5.74, 6) is -0.414. The van der Waals surface area contributed by atoms with Crippen LogP contribution in [0.25, 0.3) is 0 Å². The number of nitrogens with two attached hydrogens (primary N) is 1. The number of benzene rings is 1. The van der Waals surface area contributed by atoms with Crippen LogP contribution in [0, 0.1) is 0 Å². The second kappa shape index (κ2) is 6.09. The van der Waals surface area contributed by atoms with E-state index in [1.165, 1.54) is 38.2 Å². The van der Waals surface area contributed by atoms with Crippen molar-refractivity contribution in [1.29, 1.82) is 0 Å². The molecule has 1 unspecified atom stereocenters. The Bertz CT molecular complexity index is 582. The number of nitrogens with one attached hydrogen (secondary N) is 2. The molecule has 1 atom stereocenters. The van der Waals surface area contributed by atoms with E-state index in [1.807, 2.05) is 0 Å². The maximum Gasteiger partial charge on any atom is 0.241 e. The standard InChI is InChI=1S/C11H15N3O3S2/c1-7(11(15)13-2)14-19(16,17)9-5-3-8(4-6-9)10(12)18/h3-7,14H,1-2H3,(H2,12,18)(H,13,15). The van der Waals surface area contributed by atoms with Crippen LogP contribution < -0.4 is 15.8 Å². The number of hydrogen-bond donors (Lipinski definition) is 3. The van der Waals surface area contributed by atoms with Crippen molar-refractivity contribution in [3.05, 3.63) is 29.8 Å². The smallest absolute Gasteiger partial charge is 0.241 e. The number of hydrogen-bond acceptors (Lipinski definition) is 4.